The van der Waals surface area contributed by atoms with Gasteiger partial charge in [0, 0.05) is 36.8 Å². The highest BCUT2D eigenvalue weighted by molar-refractivity contribution is 7.92. The molecule has 1 N–H and O–H groups in total. The number of fused-ring (bicyclic) bond motifs is 1. The normalized spacial score (nSPS) is 14.2. The summed E-state index contributed by atoms with van der Waals surface area (Å²) in [4.78, 5) is 37.3. The molecule has 0 aromatic heterocycles. The molecule has 1 atom stereocenters. The van der Waals surface area contributed by atoms with E-state index in [0.717, 1.165) is 11.3 Å². The van der Waals surface area contributed by atoms with E-state index >= 15 is 0 Å². The van der Waals surface area contributed by atoms with Crippen molar-refractivity contribution in [2.75, 3.05) is 16.8 Å². The zero-order valence-corrected chi connectivity index (χ0v) is 18.0. The Morgan fingerprint density at radius 1 is 1.10 bits per heavy atom. The van der Waals surface area contributed by atoms with E-state index in [4.69, 9.17) is 0 Å². The first kappa shape index (κ1) is 21.7. The van der Waals surface area contributed by atoms with Crippen LogP contribution in [-0.2, 0) is 25.8 Å². The number of benzene rings is 2. The molecule has 0 fully saturated rings. The van der Waals surface area contributed by atoms with Gasteiger partial charge in [-0.25, -0.2) is 8.42 Å². The van der Waals surface area contributed by atoms with Gasteiger partial charge in [-0.15, -0.1) is 0 Å². The number of sulfone groups is 1. The van der Waals surface area contributed by atoms with Crippen molar-refractivity contribution >= 4 is 38.8 Å². The fraction of sp³-hybridized carbons (Fsp3) is 0.318. The van der Waals surface area contributed by atoms with Crippen molar-refractivity contribution in [2.45, 2.75) is 43.8 Å². The highest BCUT2D eigenvalue weighted by atomic mass is 32.2. The lowest BCUT2D eigenvalue weighted by Crippen LogP contribution is -2.26. The minimum atomic E-state index is -3.73. The third kappa shape index (κ3) is 4.43. The molecule has 0 radical (unpaired) electrons. The van der Waals surface area contributed by atoms with Crippen molar-refractivity contribution in [2.24, 2.45) is 0 Å². The lowest BCUT2D eigenvalue weighted by Gasteiger charge is -2.16. The van der Waals surface area contributed by atoms with Crippen molar-refractivity contribution in [3.8, 4) is 0 Å². The number of rotatable bonds is 6. The van der Waals surface area contributed by atoms with Crippen LogP contribution in [0.15, 0.2) is 47.4 Å². The van der Waals surface area contributed by atoms with Crippen molar-refractivity contribution in [1.29, 1.82) is 0 Å². The van der Waals surface area contributed by atoms with Crippen LogP contribution in [0.5, 0.6) is 0 Å². The molecule has 0 spiro atoms. The number of hydrogen-bond donors (Lipinski definition) is 1. The lowest BCUT2D eigenvalue weighted by atomic mass is 10.1. The number of nitrogens with zero attached hydrogens (tertiary/aromatic N) is 1. The molecule has 2 amide bonds. The fourth-order valence-electron chi connectivity index (χ4n) is 3.51. The summed E-state index contributed by atoms with van der Waals surface area (Å²) >= 11 is 0. The van der Waals surface area contributed by atoms with Crippen molar-refractivity contribution in [3.05, 3.63) is 53.6 Å². The van der Waals surface area contributed by atoms with Gasteiger partial charge in [-0.2, -0.15) is 0 Å². The van der Waals surface area contributed by atoms with Gasteiger partial charge in [-0.05, 0) is 56.2 Å². The molecule has 158 valence electrons. The highest BCUT2D eigenvalue weighted by Crippen LogP contribution is 2.31. The minimum absolute atomic E-state index is 0.0803. The quantitative estimate of drug-likeness (QED) is 0.713. The second kappa shape index (κ2) is 8.39. The molecular formula is C22H24N2O5S. The summed E-state index contributed by atoms with van der Waals surface area (Å²) < 4.78 is 25.9. The maximum absolute atomic E-state index is 13.0. The summed E-state index contributed by atoms with van der Waals surface area (Å²) in [5, 5.41) is 1.72. The molecule has 7 nitrogen and oxygen atoms in total. The van der Waals surface area contributed by atoms with Gasteiger partial charge in [-0.1, -0.05) is 12.1 Å². The predicted octanol–water partition coefficient (Wildman–Crippen LogP) is 2.99. The summed E-state index contributed by atoms with van der Waals surface area (Å²) in [6.07, 6.45) is 0.378. The van der Waals surface area contributed by atoms with Crippen LogP contribution >= 0.6 is 0 Å². The van der Waals surface area contributed by atoms with E-state index in [1.807, 2.05) is 0 Å². The Morgan fingerprint density at radius 2 is 1.83 bits per heavy atom. The van der Waals surface area contributed by atoms with E-state index < -0.39 is 21.0 Å². The Morgan fingerprint density at radius 3 is 2.50 bits per heavy atom. The molecule has 2 aromatic rings. The van der Waals surface area contributed by atoms with Gasteiger partial charge in [0.25, 0.3) is 0 Å². The smallest absolute Gasteiger partial charge is 0.225 e. The van der Waals surface area contributed by atoms with Crippen molar-refractivity contribution < 1.29 is 22.8 Å². The van der Waals surface area contributed by atoms with Crippen molar-refractivity contribution in [3.63, 3.8) is 0 Å². The molecule has 0 aliphatic carbocycles. The summed E-state index contributed by atoms with van der Waals surface area (Å²) in [7, 11) is -3.73. The molecule has 0 bridgehead atoms. The molecule has 3 rings (SSSR count). The largest absolute Gasteiger partial charge is 0.326 e. The molecule has 0 saturated heterocycles. The van der Waals surface area contributed by atoms with Crippen LogP contribution in [0, 0.1) is 0 Å². The number of hydrogen-bond acceptors (Lipinski definition) is 5. The second-order valence-electron chi connectivity index (χ2n) is 7.46. The third-order valence-corrected chi connectivity index (χ3v) is 7.35. The Kier molecular flexibility index (Phi) is 6.07. The number of Topliss-reactive ketones (excluding diaryl/α,β-unsaturated/α-hetero) is 1. The van der Waals surface area contributed by atoms with Crippen LogP contribution in [-0.4, -0.2) is 37.8 Å². The number of carbonyl (C=O) groups excluding carboxylic acids is 3. The van der Waals surface area contributed by atoms with Crippen LogP contribution in [0.1, 0.15) is 43.1 Å². The van der Waals surface area contributed by atoms with E-state index in [-0.39, 0.29) is 23.0 Å². The van der Waals surface area contributed by atoms with Gasteiger partial charge in [0.2, 0.25) is 11.8 Å². The number of nitrogens with one attached hydrogen (secondary N) is 1. The number of amides is 2. The predicted molar refractivity (Wildman–Crippen MR) is 115 cm³/mol. The molecule has 2 aromatic carbocycles. The first-order valence-electron chi connectivity index (χ1n) is 9.65. The Bertz CT molecular complexity index is 1120. The van der Waals surface area contributed by atoms with Gasteiger partial charge < -0.3 is 10.2 Å². The molecule has 30 heavy (non-hydrogen) atoms. The van der Waals surface area contributed by atoms with Crippen LogP contribution < -0.4 is 10.2 Å². The summed E-state index contributed by atoms with van der Waals surface area (Å²) in [5.41, 5.74) is 2.45. The zero-order chi connectivity index (χ0) is 22.1. The molecule has 8 heteroatoms. The fourth-order valence-corrected chi connectivity index (χ4v) is 4.91. The van der Waals surface area contributed by atoms with Gasteiger partial charge in [-0.3, -0.25) is 14.4 Å². The minimum Gasteiger partial charge on any atom is -0.326 e. The van der Waals surface area contributed by atoms with E-state index in [0.29, 0.717) is 24.2 Å². The van der Waals surface area contributed by atoms with Crippen molar-refractivity contribution in [1.82, 2.24) is 0 Å². The van der Waals surface area contributed by atoms with Gasteiger partial charge in [0.15, 0.2) is 15.6 Å². The standard InChI is InChI=1S/C22H24N2O5S/c1-14(11-22(27)23-19-6-4-5-17(12-19)15(2)25)30(28,29)20-7-8-21-18(13-20)9-10-24(21)16(3)26/h4-8,12-14H,9-11H2,1-3H3,(H,23,27)/t14-/m0/s1. The zero-order valence-electron chi connectivity index (χ0n) is 17.1. The summed E-state index contributed by atoms with van der Waals surface area (Å²) in [6.45, 7) is 4.94. The first-order valence-corrected chi connectivity index (χ1v) is 11.2. The Hall–Kier alpha value is -3.00. The second-order valence-corrected chi connectivity index (χ2v) is 9.82. The van der Waals surface area contributed by atoms with Gasteiger partial charge in [0.05, 0.1) is 10.1 Å². The Labute approximate surface area is 176 Å². The van der Waals surface area contributed by atoms with E-state index in [2.05, 4.69) is 5.32 Å². The monoisotopic (exact) mass is 428 g/mol. The molecule has 0 saturated carbocycles. The van der Waals surface area contributed by atoms with Crippen LogP contribution in [0.25, 0.3) is 0 Å². The highest BCUT2D eigenvalue weighted by Gasteiger charge is 2.29. The number of carbonyl (C=O) groups is 3. The van der Waals surface area contributed by atoms with Crippen LogP contribution in [0.2, 0.25) is 0 Å². The van der Waals surface area contributed by atoms with E-state index in [9.17, 15) is 22.8 Å². The van der Waals surface area contributed by atoms with Gasteiger partial charge in [0.1, 0.15) is 0 Å². The van der Waals surface area contributed by atoms with Crippen LogP contribution in [0.4, 0.5) is 11.4 Å². The third-order valence-electron chi connectivity index (χ3n) is 5.21. The Balaban J connectivity index is 1.72. The molecule has 1 aliphatic heterocycles. The van der Waals surface area contributed by atoms with Gasteiger partial charge >= 0.3 is 0 Å². The molecule has 1 heterocycles. The topological polar surface area (TPSA) is 101 Å². The first-order chi connectivity index (χ1) is 14.1. The number of anilines is 2. The average molecular weight is 429 g/mol. The van der Waals surface area contributed by atoms with Crippen LogP contribution in [0.3, 0.4) is 0 Å². The maximum atomic E-state index is 13.0. The molecular weight excluding hydrogens is 404 g/mol. The summed E-state index contributed by atoms with van der Waals surface area (Å²) in [6, 6.07) is 11.2. The van der Waals surface area contributed by atoms with E-state index in [1.54, 1.807) is 41.3 Å². The molecule has 1 aliphatic rings. The average Bonchev–Trinajstić information content (AvgIpc) is 3.11. The maximum Gasteiger partial charge on any atom is 0.225 e. The molecule has 0 unspecified atom stereocenters. The number of ketones is 1. The lowest BCUT2D eigenvalue weighted by molar-refractivity contribution is -0.117. The SMILES string of the molecule is CC(=O)c1cccc(NC(=O)C[C@H](C)S(=O)(=O)c2ccc3c(c2)CCN3C(C)=O)c1. The van der Waals surface area contributed by atoms with E-state index in [1.165, 1.54) is 26.8 Å². The summed E-state index contributed by atoms with van der Waals surface area (Å²) in [5.74, 6) is -0.652.